The maximum Gasteiger partial charge on any atom is 0.146 e. The molecule has 2 aromatic rings. The Bertz CT molecular complexity index is 525. The molecule has 0 saturated heterocycles. The molecule has 1 heterocycles. The lowest BCUT2D eigenvalue weighted by molar-refractivity contribution is 0.586. The molecule has 0 aliphatic carbocycles. The Morgan fingerprint density at radius 2 is 2.11 bits per heavy atom. The first-order valence-corrected chi connectivity index (χ1v) is 6.17. The van der Waals surface area contributed by atoms with E-state index >= 15 is 0 Å². The van der Waals surface area contributed by atoms with Gasteiger partial charge in [0.05, 0.1) is 11.7 Å². The van der Waals surface area contributed by atoms with E-state index in [0.717, 1.165) is 18.4 Å². The molecule has 0 bridgehead atoms. The molecule has 2 nitrogen and oxygen atoms in total. The zero-order chi connectivity index (χ0) is 13.0. The van der Waals surface area contributed by atoms with Crippen LogP contribution in [0.3, 0.4) is 0 Å². The maximum atomic E-state index is 13.6. The van der Waals surface area contributed by atoms with Crippen LogP contribution >= 0.6 is 0 Å². The van der Waals surface area contributed by atoms with Gasteiger partial charge in [0, 0.05) is 6.20 Å². The second-order valence-corrected chi connectivity index (χ2v) is 4.34. The number of benzene rings is 1. The Labute approximate surface area is 107 Å². The summed E-state index contributed by atoms with van der Waals surface area (Å²) < 4.78 is 13.6. The predicted octanol–water partition coefficient (Wildman–Crippen LogP) is 3.22. The molecule has 0 saturated carbocycles. The summed E-state index contributed by atoms with van der Waals surface area (Å²) in [6.45, 7) is 2.13. The molecule has 1 unspecified atom stereocenters. The molecule has 0 radical (unpaired) electrons. The van der Waals surface area contributed by atoms with Crippen LogP contribution in [0.4, 0.5) is 4.39 Å². The molecule has 1 aromatic carbocycles. The first-order chi connectivity index (χ1) is 8.72. The minimum Gasteiger partial charge on any atom is -0.319 e. The highest BCUT2D eigenvalue weighted by Gasteiger charge is 2.14. The van der Waals surface area contributed by atoms with Crippen LogP contribution in [0.15, 0.2) is 42.6 Å². The van der Waals surface area contributed by atoms with Crippen LogP contribution in [0.25, 0.3) is 0 Å². The maximum absolute atomic E-state index is 13.6. The molecule has 0 amide bonds. The number of hydrogen-bond donors (Lipinski definition) is 1. The standard InChI is InChI=1S/C15H17FN2/c1-2-5-11-6-3-7-12(10-11)14(17)15-13(16)8-4-9-18-15/h3-4,6-10,14H,2,5,17H2,1H3. The number of nitrogens with zero attached hydrogens (tertiary/aromatic N) is 1. The van der Waals surface area contributed by atoms with Crippen molar-refractivity contribution in [1.29, 1.82) is 0 Å². The number of hydrogen-bond acceptors (Lipinski definition) is 2. The van der Waals surface area contributed by atoms with Crippen LogP contribution in [0, 0.1) is 5.82 Å². The van der Waals surface area contributed by atoms with E-state index in [4.69, 9.17) is 5.73 Å². The van der Waals surface area contributed by atoms with Gasteiger partial charge >= 0.3 is 0 Å². The van der Waals surface area contributed by atoms with Crippen molar-refractivity contribution in [2.24, 2.45) is 5.73 Å². The summed E-state index contributed by atoms with van der Waals surface area (Å²) in [5.74, 6) is -0.356. The third-order valence-corrected chi connectivity index (χ3v) is 2.93. The van der Waals surface area contributed by atoms with Crippen LogP contribution in [-0.2, 0) is 6.42 Å². The fourth-order valence-corrected chi connectivity index (χ4v) is 2.02. The first-order valence-electron chi connectivity index (χ1n) is 6.17. The lowest BCUT2D eigenvalue weighted by Crippen LogP contribution is -2.15. The fraction of sp³-hybridized carbons (Fsp3) is 0.267. The van der Waals surface area contributed by atoms with E-state index in [1.807, 2.05) is 18.2 Å². The van der Waals surface area contributed by atoms with E-state index in [1.54, 1.807) is 12.3 Å². The fourth-order valence-electron chi connectivity index (χ4n) is 2.02. The summed E-state index contributed by atoms with van der Waals surface area (Å²) >= 11 is 0. The van der Waals surface area contributed by atoms with Crippen LogP contribution in [0.1, 0.15) is 36.2 Å². The number of aromatic nitrogens is 1. The normalized spacial score (nSPS) is 12.4. The molecule has 0 aliphatic rings. The van der Waals surface area contributed by atoms with E-state index in [1.165, 1.54) is 11.6 Å². The Kier molecular flexibility index (Phi) is 4.05. The summed E-state index contributed by atoms with van der Waals surface area (Å²) in [6.07, 6.45) is 3.65. The molecular formula is C15H17FN2. The first kappa shape index (κ1) is 12.7. The molecule has 0 aliphatic heterocycles. The number of halogens is 1. The Balaban J connectivity index is 2.31. The summed E-state index contributed by atoms with van der Waals surface area (Å²) in [6, 6.07) is 10.4. The Morgan fingerprint density at radius 3 is 2.83 bits per heavy atom. The molecule has 2 rings (SSSR count). The summed E-state index contributed by atoms with van der Waals surface area (Å²) in [5, 5.41) is 0. The Morgan fingerprint density at radius 1 is 1.28 bits per heavy atom. The van der Waals surface area contributed by atoms with Crippen molar-refractivity contribution in [2.75, 3.05) is 0 Å². The highest BCUT2D eigenvalue weighted by atomic mass is 19.1. The van der Waals surface area contributed by atoms with Gasteiger partial charge in [-0.3, -0.25) is 4.98 Å². The van der Waals surface area contributed by atoms with E-state index in [-0.39, 0.29) is 5.82 Å². The molecule has 1 atom stereocenters. The van der Waals surface area contributed by atoms with Crippen molar-refractivity contribution >= 4 is 0 Å². The van der Waals surface area contributed by atoms with Crippen molar-refractivity contribution in [1.82, 2.24) is 4.98 Å². The van der Waals surface area contributed by atoms with E-state index in [9.17, 15) is 4.39 Å². The molecule has 3 heteroatoms. The SMILES string of the molecule is CCCc1cccc(C(N)c2ncccc2F)c1. The zero-order valence-electron chi connectivity index (χ0n) is 10.4. The van der Waals surface area contributed by atoms with Crippen molar-refractivity contribution < 1.29 is 4.39 Å². The highest BCUT2D eigenvalue weighted by Crippen LogP contribution is 2.21. The third-order valence-electron chi connectivity index (χ3n) is 2.93. The largest absolute Gasteiger partial charge is 0.319 e. The van der Waals surface area contributed by atoms with E-state index in [2.05, 4.69) is 18.0 Å². The van der Waals surface area contributed by atoms with Crippen LogP contribution in [0.2, 0.25) is 0 Å². The van der Waals surface area contributed by atoms with Gasteiger partial charge in [-0.2, -0.15) is 0 Å². The molecule has 2 N–H and O–H groups in total. The lowest BCUT2D eigenvalue weighted by Gasteiger charge is -2.13. The molecular weight excluding hydrogens is 227 g/mol. The van der Waals surface area contributed by atoms with Gasteiger partial charge in [-0.25, -0.2) is 4.39 Å². The van der Waals surface area contributed by atoms with Gasteiger partial charge in [0.1, 0.15) is 5.82 Å². The van der Waals surface area contributed by atoms with Gasteiger partial charge in [0.15, 0.2) is 0 Å². The van der Waals surface area contributed by atoms with Crippen LogP contribution in [0.5, 0.6) is 0 Å². The molecule has 1 aromatic heterocycles. The Hall–Kier alpha value is -1.74. The van der Waals surface area contributed by atoms with Crippen molar-refractivity contribution in [3.8, 4) is 0 Å². The summed E-state index contributed by atoms with van der Waals surface area (Å²) in [5.41, 5.74) is 8.50. The predicted molar refractivity (Wildman–Crippen MR) is 70.7 cm³/mol. The number of pyridine rings is 1. The lowest BCUT2D eigenvalue weighted by atomic mass is 9.99. The van der Waals surface area contributed by atoms with E-state index in [0.29, 0.717) is 5.69 Å². The second kappa shape index (κ2) is 5.74. The molecule has 0 spiro atoms. The average Bonchev–Trinajstić information content (AvgIpc) is 2.39. The van der Waals surface area contributed by atoms with Gasteiger partial charge in [-0.15, -0.1) is 0 Å². The van der Waals surface area contributed by atoms with Gasteiger partial charge in [0.2, 0.25) is 0 Å². The highest BCUT2D eigenvalue weighted by molar-refractivity contribution is 5.31. The van der Waals surface area contributed by atoms with Crippen molar-refractivity contribution in [2.45, 2.75) is 25.8 Å². The third kappa shape index (κ3) is 2.74. The minimum absolute atomic E-state index is 0.297. The van der Waals surface area contributed by atoms with Gasteiger partial charge in [-0.1, -0.05) is 37.6 Å². The number of nitrogens with two attached hydrogens (primary N) is 1. The van der Waals surface area contributed by atoms with Crippen molar-refractivity contribution in [3.63, 3.8) is 0 Å². The molecule has 18 heavy (non-hydrogen) atoms. The summed E-state index contributed by atoms with van der Waals surface area (Å²) in [7, 11) is 0. The van der Waals surface area contributed by atoms with Crippen molar-refractivity contribution in [3.05, 3.63) is 65.2 Å². The molecule has 94 valence electrons. The number of aryl methyl sites for hydroxylation is 1. The van der Waals surface area contributed by atoms with Gasteiger partial charge in [-0.05, 0) is 29.7 Å². The van der Waals surface area contributed by atoms with Crippen LogP contribution in [-0.4, -0.2) is 4.98 Å². The van der Waals surface area contributed by atoms with Crippen LogP contribution < -0.4 is 5.73 Å². The van der Waals surface area contributed by atoms with Gasteiger partial charge in [0.25, 0.3) is 0 Å². The smallest absolute Gasteiger partial charge is 0.146 e. The average molecular weight is 244 g/mol. The summed E-state index contributed by atoms with van der Waals surface area (Å²) in [4.78, 5) is 4.03. The minimum atomic E-state index is -0.511. The quantitative estimate of drug-likeness (QED) is 0.896. The number of rotatable bonds is 4. The topological polar surface area (TPSA) is 38.9 Å². The molecule has 0 fully saturated rings. The monoisotopic (exact) mass is 244 g/mol. The zero-order valence-corrected chi connectivity index (χ0v) is 10.4. The second-order valence-electron chi connectivity index (χ2n) is 4.34. The van der Waals surface area contributed by atoms with E-state index < -0.39 is 6.04 Å². The van der Waals surface area contributed by atoms with Gasteiger partial charge < -0.3 is 5.73 Å².